The Balaban J connectivity index is 1.93. The van der Waals surface area contributed by atoms with E-state index >= 15 is 0 Å². The third-order valence-corrected chi connectivity index (χ3v) is 6.28. The first-order valence-electron chi connectivity index (χ1n) is 10.7. The number of benzene rings is 2. The lowest BCUT2D eigenvalue weighted by Gasteiger charge is -2.14. The van der Waals surface area contributed by atoms with Crippen LogP contribution in [0.1, 0.15) is 0 Å². The van der Waals surface area contributed by atoms with Crippen molar-refractivity contribution in [3.05, 3.63) is 75.6 Å². The van der Waals surface area contributed by atoms with Gasteiger partial charge in [-0.2, -0.15) is 0 Å². The number of rotatable bonds is 4. The molecule has 0 aliphatic heterocycles. The molecule has 3 heterocycles. The van der Waals surface area contributed by atoms with E-state index in [9.17, 15) is 9.59 Å². The van der Waals surface area contributed by atoms with E-state index in [0.717, 1.165) is 26.6 Å². The van der Waals surface area contributed by atoms with Crippen LogP contribution in [0.4, 0.5) is 0 Å². The maximum Gasteiger partial charge on any atom is 0.332 e. The molecule has 8 nitrogen and oxygen atoms in total. The number of hydrogen-bond donors (Lipinski definition) is 0. The molecule has 0 fully saturated rings. The second-order valence-corrected chi connectivity index (χ2v) is 8.20. The van der Waals surface area contributed by atoms with Gasteiger partial charge in [-0.1, -0.05) is 18.2 Å². The highest BCUT2D eigenvalue weighted by molar-refractivity contribution is 6.04. The first kappa shape index (κ1) is 21.5. The lowest BCUT2D eigenvalue weighted by atomic mass is 9.99. The van der Waals surface area contributed by atoms with Gasteiger partial charge in [-0.05, 0) is 30.3 Å². The molecule has 0 radical (unpaired) electrons. The number of aryl methyl sites for hydroxylation is 2. The van der Waals surface area contributed by atoms with Crippen LogP contribution in [0.3, 0.4) is 0 Å². The maximum absolute atomic E-state index is 13.3. The molecule has 172 valence electrons. The lowest BCUT2D eigenvalue weighted by molar-refractivity contribution is 0.355. The lowest BCUT2D eigenvalue weighted by Crippen LogP contribution is -2.37. The van der Waals surface area contributed by atoms with Gasteiger partial charge in [0.15, 0.2) is 17.1 Å². The third kappa shape index (κ3) is 3.10. The van der Waals surface area contributed by atoms with E-state index in [2.05, 4.69) is 0 Å². The van der Waals surface area contributed by atoms with Gasteiger partial charge < -0.3 is 14.0 Å². The van der Waals surface area contributed by atoms with Crippen molar-refractivity contribution in [1.29, 1.82) is 0 Å². The minimum atomic E-state index is -0.432. The average molecular weight is 457 g/mol. The number of fused-ring (bicyclic) bond motifs is 2. The Morgan fingerprint density at radius 3 is 2.29 bits per heavy atom. The molecule has 8 heteroatoms. The Morgan fingerprint density at radius 2 is 1.56 bits per heavy atom. The quantitative estimate of drug-likeness (QED) is 0.414. The standard InChI is InChI=1S/C26H24N4O4/c1-28-14-18(16-8-6-7-9-20(16)28)17-13-19(15-10-11-21(33-4)22(12-15)34-5)27-24-23(17)25(31)30(3)26(32)29(24)2/h6-14H,1-5H3. The Morgan fingerprint density at radius 1 is 0.824 bits per heavy atom. The molecule has 0 N–H and O–H groups in total. The minimum Gasteiger partial charge on any atom is -0.493 e. The van der Waals surface area contributed by atoms with Crippen LogP contribution in [0, 0.1) is 0 Å². The van der Waals surface area contributed by atoms with Gasteiger partial charge >= 0.3 is 5.69 Å². The monoisotopic (exact) mass is 456 g/mol. The average Bonchev–Trinajstić information content (AvgIpc) is 3.21. The second kappa shape index (κ2) is 7.91. The first-order chi connectivity index (χ1) is 16.3. The molecule has 34 heavy (non-hydrogen) atoms. The number of nitrogens with zero attached hydrogens (tertiary/aromatic N) is 4. The fraction of sp³-hybridized carbons (Fsp3) is 0.192. The summed E-state index contributed by atoms with van der Waals surface area (Å²) < 4.78 is 15.4. The van der Waals surface area contributed by atoms with Crippen molar-refractivity contribution < 1.29 is 9.47 Å². The van der Waals surface area contributed by atoms with Gasteiger partial charge in [-0.3, -0.25) is 13.9 Å². The molecule has 0 aliphatic rings. The second-order valence-electron chi connectivity index (χ2n) is 8.20. The van der Waals surface area contributed by atoms with E-state index in [1.54, 1.807) is 27.3 Å². The summed E-state index contributed by atoms with van der Waals surface area (Å²) in [6.45, 7) is 0. The Labute approximate surface area is 195 Å². The Kier molecular flexibility index (Phi) is 5.01. The largest absolute Gasteiger partial charge is 0.493 e. The highest BCUT2D eigenvalue weighted by Gasteiger charge is 2.20. The Bertz CT molecular complexity index is 1710. The summed E-state index contributed by atoms with van der Waals surface area (Å²) >= 11 is 0. The summed E-state index contributed by atoms with van der Waals surface area (Å²) in [7, 11) is 8.24. The van der Waals surface area contributed by atoms with Crippen LogP contribution < -0.4 is 20.7 Å². The number of aromatic nitrogens is 4. The summed E-state index contributed by atoms with van der Waals surface area (Å²) in [6.07, 6.45) is 2.00. The fourth-order valence-electron chi connectivity index (χ4n) is 4.47. The van der Waals surface area contributed by atoms with Crippen molar-refractivity contribution >= 4 is 21.9 Å². The van der Waals surface area contributed by atoms with Gasteiger partial charge in [0.1, 0.15) is 0 Å². The summed E-state index contributed by atoms with van der Waals surface area (Å²) in [5.41, 5.74) is 3.53. The molecular weight excluding hydrogens is 432 g/mol. The van der Waals surface area contributed by atoms with Crippen LogP contribution in [0.2, 0.25) is 0 Å². The van der Waals surface area contributed by atoms with Crippen molar-refractivity contribution in [3.8, 4) is 33.9 Å². The zero-order valence-electron chi connectivity index (χ0n) is 19.6. The van der Waals surface area contributed by atoms with Gasteiger partial charge in [-0.15, -0.1) is 0 Å². The molecule has 5 aromatic rings. The molecule has 0 spiro atoms. The van der Waals surface area contributed by atoms with Crippen molar-refractivity contribution in [2.45, 2.75) is 0 Å². The zero-order chi connectivity index (χ0) is 24.1. The number of ether oxygens (including phenoxy) is 2. The van der Waals surface area contributed by atoms with Crippen LogP contribution >= 0.6 is 0 Å². The van der Waals surface area contributed by atoms with Gasteiger partial charge in [0, 0.05) is 54.9 Å². The molecule has 0 unspecified atom stereocenters. The predicted octanol–water partition coefficient (Wildman–Crippen LogP) is 3.48. The number of hydrogen-bond acceptors (Lipinski definition) is 5. The molecule has 0 amide bonds. The predicted molar refractivity (Wildman–Crippen MR) is 133 cm³/mol. The van der Waals surface area contributed by atoms with Crippen LogP contribution in [-0.2, 0) is 21.1 Å². The molecule has 0 atom stereocenters. The molecular formula is C26H24N4O4. The topological polar surface area (TPSA) is 80.3 Å². The van der Waals surface area contributed by atoms with Crippen molar-refractivity contribution in [1.82, 2.24) is 18.7 Å². The summed E-state index contributed by atoms with van der Waals surface area (Å²) in [4.78, 5) is 30.8. The number of methoxy groups -OCH3 is 2. The zero-order valence-corrected chi connectivity index (χ0v) is 19.6. The van der Waals surface area contributed by atoms with Crippen molar-refractivity contribution in [3.63, 3.8) is 0 Å². The summed E-state index contributed by atoms with van der Waals surface area (Å²) in [6, 6.07) is 15.4. The van der Waals surface area contributed by atoms with E-state index < -0.39 is 5.69 Å². The number of para-hydroxylation sites is 1. The van der Waals surface area contributed by atoms with Crippen molar-refractivity contribution in [2.75, 3.05) is 14.2 Å². The molecule has 2 aromatic carbocycles. The maximum atomic E-state index is 13.3. The van der Waals surface area contributed by atoms with E-state index in [4.69, 9.17) is 14.5 Å². The van der Waals surface area contributed by atoms with Gasteiger partial charge in [0.05, 0.1) is 25.3 Å². The number of pyridine rings is 1. The Hall–Kier alpha value is -4.33. The van der Waals surface area contributed by atoms with Gasteiger partial charge in [0.25, 0.3) is 5.56 Å². The normalized spacial score (nSPS) is 11.3. The van der Waals surface area contributed by atoms with E-state index in [0.29, 0.717) is 33.8 Å². The minimum absolute atomic E-state index is 0.323. The van der Waals surface area contributed by atoms with Gasteiger partial charge in [0.2, 0.25) is 0 Å². The summed E-state index contributed by atoms with van der Waals surface area (Å²) in [5.74, 6) is 1.16. The molecule has 0 aliphatic carbocycles. The van der Waals surface area contributed by atoms with Gasteiger partial charge in [-0.25, -0.2) is 9.78 Å². The van der Waals surface area contributed by atoms with Crippen LogP contribution in [-0.4, -0.2) is 32.9 Å². The highest BCUT2D eigenvalue weighted by atomic mass is 16.5. The molecule has 0 saturated heterocycles. The van der Waals surface area contributed by atoms with E-state index in [1.807, 2.05) is 60.3 Å². The molecule has 3 aromatic heterocycles. The first-order valence-corrected chi connectivity index (χ1v) is 10.7. The SMILES string of the molecule is COc1ccc(-c2cc(-c3cn(C)c4ccccc34)c3c(=O)n(C)c(=O)n(C)c3n2)cc1OC. The van der Waals surface area contributed by atoms with Crippen LogP contribution in [0.5, 0.6) is 11.5 Å². The van der Waals surface area contributed by atoms with Crippen molar-refractivity contribution in [2.24, 2.45) is 21.1 Å². The van der Waals surface area contributed by atoms with Crippen LogP contribution in [0.25, 0.3) is 44.3 Å². The van der Waals surface area contributed by atoms with E-state index in [-0.39, 0.29) is 5.56 Å². The fourth-order valence-corrected chi connectivity index (χ4v) is 4.47. The molecule has 0 bridgehead atoms. The van der Waals surface area contributed by atoms with Crippen LogP contribution in [0.15, 0.2) is 64.3 Å². The molecule has 0 saturated carbocycles. The smallest absolute Gasteiger partial charge is 0.332 e. The summed E-state index contributed by atoms with van der Waals surface area (Å²) in [5, 5.41) is 1.40. The van der Waals surface area contributed by atoms with E-state index in [1.165, 1.54) is 11.6 Å². The molecule has 5 rings (SSSR count). The highest BCUT2D eigenvalue weighted by Crippen LogP contribution is 2.37. The third-order valence-electron chi connectivity index (χ3n) is 6.28.